The SMILES string of the molecule is Cc1cc(C)c(C)cc1C.Cc1cc(C)cc(-c2ccccc2)c1.Cc1cc(C)cc(C(C)(C)C)c1.Cc1cc(C)cc(C)c1.Cc1ccc(C)cc1.Cc1cccc(C)c1.Cc1ccccc1C. The van der Waals surface area contributed by atoms with Gasteiger partial charge in [-0.3, -0.25) is 0 Å². The average molecular weight is 917 g/mol. The Hall–Kier alpha value is -6.24. The molecule has 0 N–H and O–H groups in total. The first-order chi connectivity index (χ1) is 32.3. The van der Waals surface area contributed by atoms with Gasteiger partial charge in [-0.25, -0.2) is 0 Å². The second-order valence-electron chi connectivity index (χ2n) is 20.5. The van der Waals surface area contributed by atoms with Crippen LogP contribution >= 0.6 is 0 Å². The van der Waals surface area contributed by atoms with Gasteiger partial charge in [-0.05, 0) is 173 Å². The van der Waals surface area contributed by atoms with Crippen molar-refractivity contribution in [1.29, 1.82) is 0 Å². The van der Waals surface area contributed by atoms with Gasteiger partial charge < -0.3 is 0 Å². The molecule has 8 aromatic carbocycles. The van der Waals surface area contributed by atoms with Crippen LogP contribution < -0.4 is 0 Å². The van der Waals surface area contributed by atoms with Gasteiger partial charge in [0.05, 0.1) is 0 Å². The highest BCUT2D eigenvalue weighted by molar-refractivity contribution is 5.65. The van der Waals surface area contributed by atoms with Crippen molar-refractivity contribution in [2.75, 3.05) is 0 Å². The summed E-state index contributed by atoms with van der Waals surface area (Å²) in [6.45, 7) is 43.0. The minimum atomic E-state index is 0.275. The van der Waals surface area contributed by atoms with E-state index in [-0.39, 0.29) is 5.41 Å². The monoisotopic (exact) mass is 917 g/mol. The normalized spacial score (nSPS) is 10.0. The molecular weight excluding hydrogens is 829 g/mol. The van der Waals surface area contributed by atoms with E-state index in [0.717, 1.165) is 0 Å². The predicted molar refractivity (Wildman–Crippen MR) is 310 cm³/mol. The Bertz CT molecular complexity index is 2540. The lowest BCUT2D eigenvalue weighted by Crippen LogP contribution is -2.11. The number of rotatable bonds is 1. The van der Waals surface area contributed by atoms with E-state index in [1.807, 2.05) is 6.07 Å². The molecule has 0 heteroatoms. The molecule has 0 unspecified atom stereocenters. The maximum absolute atomic E-state index is 2.27. The van der Waals surface area contributed by atoms with Crippen LogP contribution in [0.25, 0.3) is 11.1 Å². The molecule has 0 atom stereocenters. The van der Waals surface area contributed by atoms with Crippen molar-refractivity contribution in [3.63, 3.8) is 0 Å². The summed E-state index contributed by atoms with van der Waals surface area (Å²) in [6, 6.07) is 60.2. The van der Waals surface area contributed by atoms with Gasteiger partial charge in [-0.2, -0.15) is 0 Å². The summed E-state index contributed by atoms with van der Waals surface area (Å²) in [7, 11) is 0. The summed E-state index contributed by atoms with van der Waals surface area (Å²) in [4.78, 5) is 0. The summed E-state index contributed by atoms with van der Waals surface area (Å²) < 4.78 is 0. The van der Waals surface area contributed by atoms with E-state index in [2.05, 4.69) is 302 Å². The summed E-state index contributed by atoms with van der Waals surface area (Å²) in [5, 5.41) is 0. The first-order valence-electron chi connectivity index (χ1n) is 24.7. The molecule has 0 aliphatic heterocycles. The van der Waals surface area contributed by atoms with Crippen molar-refractivity contribution >= 4 is 0 Å². The van der Waals surface area contributed by atoms with Crippen molar-refractivity contribution in [3.8, 4) is 11.1 Å². The van der Waals surface area contributed by atoms with Gasteiger partial charge in [0, 0.05) is 0 Å². The van der Waals surface area contributed by atoms with Crippen LogP contribution in [0.5, 0.6) is 0 Å². The maximum atomic E-state index is 2.27. The fraction of sp³-hybridized carbons (Fsp3) is 0.304. The molecule has 0 heterocycles. The highest BCUT2D eigenvalue weighted by atomic mass is 14.2. The third-order valence-corrected chi connectivity index (χ3v) is 11.7. The highest BCUT2D eigenvalue weighted by Crippen LogP contribution is 2.24. The molecule has 0 saturated heterocycles. The van der Waals surface area contributed by atoms with Crippen LogP contribution in [0.4, 0.5) is 0 Å². The lowest BCUT2D eigenvalue weighted by Gasteiger charge is -2.20. The zero-order valence-corrected chi connectivity index (χ0v) is 46.7. The maximum Gasteiger partial charge on any atom is -0.0132 e. The smallest absolute Gasteiger partial charge is 0.0132 e. The minimum Gasteiger partial charge on any atom is -0.0622 e. The molecule has 8 rings (SSSR count). The largest absolute Gasteiger partial charge is 0.0622 e. The fourth-order valence-corrected chi connectivity index (χ4v) is 7.59. The molecule has 0 saturated carbocycles. The Labute approximate surface area is 423 Å². The molecule has 0 bridgehead atoms. The zero-order chi connectivity index (χ0) is 51.8. The Kier molecular flexibility index (Phi) is 25.3. The summed E-state index contributed by atoms with van der Waals surface area (Å²) >= 11 is 0. The summed E-state index contributed by atoms with van der Waals surface area (Å²) in [5.74, 6) is 0. The minimum absolute atomic E-state index is 0.275. The first-order valence-corrected chi connectivity index (χ1v) is 24.7. The van der Waals surface area contributed by atoms with Gasteiger partial charge in [-0.15, -0.1) is 0 Å². The lowest BCUT2D eigenvalue weighted by molar-refractivity contribution is 0.589. The van der Waals surface area contributed by atoms with Crippen LogP contribution in [-0.4, -0.2) is 0 Å². The first kappa shape index (κ1) is 58.9. The van der Waals surface area contributed by atoms with Crippen LogP contribution in [0.15, 0.2) is 170 Å². The topological polar surface area (TPSA) is 0 Å². The molecule has 0 fully saturated rings. The van der Waals surface area contributed by atoms with Gasteiger partial charge in [0.2, 0.25) is 0 Å². The highest BCUT2D eigenvalue weighted by Gasteiger charge is 2.13. The van der Waals surface area contributed by atoms with Crippen LogP contribution in [0.2, 0.25) is 0 Å². The van der Waals surface area contributed by atoms with Crippen molar-refractivity contribution < 1.29 is 0 Å². The van der Waals surface area contributed by atoms with Gasteiger partial charge in [-0.1, -0.05) is 252 Å². The van der Waals surface area contributed by atoms with Crippen LogP contribution in [0, 0.1) is 118 Å². The molecule has 0 aliphatic rings. The molecule has 8 aromatic rings. The quantitative estimate of drug-likeness (QED) is 0.154. The molecule has 0 amide bonds. The Morgan fingerprint density at radius 2 is 0.493 bits per heavy atom. The molecular formula is C69H88. The third-order valence-electron chi connectivity index (χ3n) is 11.7. The van der Waals surface area contributed by atoms with Gasteiger partial charge in [0.25, 0.3) is 0 Å². The van der Waals surface area contributed by atoms with E-state index in [0.29, 0.717) is 0 Å². The zero-order valence-electron chi connectivity index (χ0n) is 46.7. The summed E-state index contributed by atoms with van der Waals surface area (Å²) in [6.07, 6.45) is 0. The van der Waals surface area contributed by atoms with Crippen molar-refractivity contribution in [3.05, 3.63) is 270 Å². The van der Waals surface area contributed by atoms with Gasteiger partial charge >= 0.3 is 0 Å². The third kappa shape index (κ3) is 24.6. The molecule has 0 aromatic heterocycles. The van der Waals surface area contributed by atoms with Crippen LogP contribution in [0.1, 0.15) is 121 Å². The molecule has 69 heavy (non-hydrogen) atoms. The second kappa shape index (κ2) is 29.6. The van der Waals surface area contributed by atoms with E-state index in [9.17, 15) is 0 Å². The lowest BCUT2D eigenvalue weighted by atomic mass is 9.85. The van der Waals surface area contributed by atoms with Crippen molar-refractivity contribution in [2.45, 2.75) is 144 Å². The molecule has 0 nitrogen and oxygen atoms in total. The van der Waals surface area contributed by atoms with E-state index in [1.165, 1.54) is 111 Å². The molecule has 0 spiro atoms. The van der Waals surface area contributed by atoms with E-state index in [4.69, 9.17) is 0 Å². The van der Waals surface area contributed by atoms with E-state index >= 15 is 0 Å². The van der Waals surface area contributed by atoms with Crippen molar-refractivity contribution in [1.82, 2.24) is 0 Å². The Balaban J connectivity index is 0.000000279. The summed E-state index contributed by atoms with van der Waals surface area (Å²) in [5.41, 5.74) is 27.4. The van der Waals surface area contributed by atoms with E-state index < -0.39 is 0 Å². The van der Waals surface area contributed by atoms with Crippen LogP contribution in [0.3, 0.4) is 0 Å². The Morgan fingerprint density at radius 3 is 0.783 bits per heavy atom. The standard InChI is InChI=1S/C14H14.C12H18.C10H14.C9H12.3C8H10/c1-11-8-12(2)10-14(9-11)13-6-4-3-5-7-13;1-9-6-10(2)8-11(7-9)12(3,4)5;1-7-5-9(3)10(4)6-8(7)2;1-7-4-8(2)6-9(3)5-7;1-7-3-5-8(2)6-4-7;1-7-4-3-5-8(2)6-7;1-7-5-3-4-6-8(7)2/h3-10H,1-2H3;6-8H,1-5H3;5-6H,1-4H3;4-6H,1-3H3;3*3-6H,1-2H3. The van der Waals surface area contributed by atoms with Crippen LogP contribution in [-0.2, 0) is 5.41 Å². The molecule has 0 radical (unpaired) electrons. The van der Waals surface area contributed by atoms with Gasteiger partial charge in [0.1, 0.15) is 0 Å². The average Bonchev–Trinajstić information content (AvgIpc) is 3.25. The number of hydrogen-bond donors (Lipinski definition) is 0. The van der Waals surface area contributed by atoms with Gasteiger partial charge in [0.15, 0.2) is 0 Å². The molecule has 0 aliphatic carbocycles. The number of benzene rings is 8. The molecule has 364 valence electrons. The predicted octanol–water partition coefficient (Wildman–Crippen LogP) is 20.0. The number of hydrogen-bond acceptors (Lipinski definition) is 0. The Morgan fingerprint density at radius 1 is 0.203 bits per heavy atom. The second-order valence-corrected chi connectivity index (χ2v) is 20.5. The fourth-order valence-electron chi connectivity index (χ4n) is 7.59. The van der Waals surface area contributed by atoms with E-state index in [1.54, 1.807) is 0 Å². The number of aryl methyl sites for hydroxylation is 17. The van der Waals surface area contributed by atoms with Crippen molar-refractivity contribution in [2.24, 2.45) is 0 Å².